The summed E-state index contributed by atoms with van der Waals surface area (Å²) in [6.45, 7) is 4.19. The number of carbonyl (C=O) groups excluding carboxylic acids is 1. The monoisotopic (exact) mass is 251 g/mol. The molecule has 0 bridgehead atoms. The molecule has 1 amide bonds. The molecular formula is C13H21N3O2. The highest BCUT2D eigenvalue weighted by molar-refractivity contribution is 5.91. The quantitative estimate of drug-likeness (QED) is 0.817. The molecule has 1 fully saturated rings. The number of hydrogen-bond donors (Lipinski definition) is 2. The molecular weight excluding hydrogens is 230 g/mol. The fourth-order valence-corrected chi connectivity index (χ4v) is 2.21. The van der Waals surface area contributed by atoms with E-state index in [0.29, 0.717) is 24.6 Å². The van der Waals surface area contributed by atoms with E-state index < -0.39 is 0 Å². The fraction of sp³-hybridized carbons (Fsp3) is 0.615. The van der Waals surface area contributed by atoms with Gasteiger partial charge in [-0.2, -0.15) is 0 Å². The Hall–Kier alpha value is -1.33. The van der Waals surface area contributed by atoms with Gasteiger partial charge in [-0.15, -0.1) is 0 Å². The maximum atomic E-state index is 11.8. The third kappa shape index (κ3) is 3.58. The number of amides is 1. The molecule has 0 radical (unpaired) electrons. The van der Waals surface area contributed by atoms with Gasteiger partial charge in [-0.05, 0) is 38.1 Å². The average Bonchev–Trinajstić information content (AvgIpc) is 2.89. The van der Waals surface area contributed by atoms with Gasteiger partial charge in [-0.1, -0.05) is 6.42 Å². The second-order valence-corrected chi connectivity index (χ2v) is 4.63. The van der Waals surface area contributed by atoms with Crippen LogP contribution in [0.15, 0.2) is 16.5 Å². The zero-order valence-electron chi connectivity index (χ0n) is 10.7. The Kier molecular flexibility index (Phi) is 4.78. The van der Waals surface area contributed by atoms with Crippen LogP contribution in [0.25, 0.3) is 0 Å². The van der Waals surface area contributed by atoms with Gasteiger partial charge in [0, 0.05) is 13.1 Å². The van der Waals surface area contributed by atoms with Crippen molar-refractivity contribution < 1.29 is 9.21 Å². The van der Waals surface area contributed by atoms with Gasteiger partial charge in [0.05, 0.1) is 6.54 Å². The zero-order valence-corrected chi connectivity index (χ0v) is 10.7. The number of rotatable bonds is 5. The molecule has 3 N–H and O–H groups in total. The van der Waals surface area contributed by atoms with Crippen molar-refractivity contribution in [3.05, 3.63) is 23.7 Å². The molecule has 0 unspecified atom stereocenters. The van der Waals surface area contributed by atoms with Gasteiger partial charge in [0.15, 0.2) is 5.76 Å². The number of carbonyl (C=O) groups is 1. The van der Waals surface area contributed by atoms with E-state index in [2.05, 4.69) is 10.2 Å². The largest absolute Gasteiger partial charge is 0.455 e. The topological polar surface area (TPSA) is 71.5 Å². The van der Waals surface area contributed by atoms with Crippen LogP contribution >= 0.6 is 0 Å². The van der Waals surface area contributed by atoms with Crippen molar-refractivity contribution in [2.24, 2.45) is 5.73 Å². The Labute approximate surface area is 107 Å². The molecule has 0 spiro atoms. The lowest BCUT2D eigenvalue weighted by atomic mass is 10.1. The Bertz CT molecular complexity index is 383. The van der Waals surface area contributed by atoms with Crippen molar-refractivity contribution >= 4 is 5.91 Å². The maximum Gasteiger partial charge on any atom is 0.287 e. The molecule has 1 aliphatic heterocycles. The van der Waals surface area contributed by atoms with Crippen molar-refractivity contribution in [3.8, 4) is 0 Å². The van der Waals surface area contributed by atoms with Gasteiger partial charge in [0.25, 0.3) is 5.91 Å². The Morgan fingerprint density at radius 3 is 2.78 bits per heavy atom. The molecule has 0 atom stereocenters. The molecule has 2 rings (SSSR count). The van der Waals surface area contributed by atoms with Gasteiger partial charge in [-0.3, -0.25) is 4.79 Å². The first-order chi connectivity index (χ1) is 8.79. The van der Waals surface area contributed by atoms with Crippen LogP contribution in [0, 0.1) is 0 Å². The van der Waals surface area contributed by atoms with E-state index in [1.165, 1.54) is 19.3 Å². The lowest BCUT2D eigenvalue weighted by molar-refractivity contribution is 0.0917. The predicted molar refractivity (Wildman–Crippen MR) is 69.2 cm³/mol. The lowest BCUT2D eigenvalue weighted by Crippen LogP contribution is -2.37. The summed E-state index contributed by atoms with van der Waals surface area (Å²) >= 11 is 0. The summed E-state index contributed by atoms with van der Waals surface area (Å²) in [5.41, 5.74) is 5.43. The number of nitrogens with zero attached hydrogens (tertiary/aromatic N) is 1. The molecule has 0 aromatic carbocycles. The molecule has 100 valence electrons. The van der Waals surface area contributed by atoms with Crippen LogP contribution in [0.4, 0.5) is 0 Å². The Balaban J connectivity index is 1.70. The predicted octanol–water partition coefficient (Wildman–Crippen LogP) is 0.954. The molecule has 18 heavy (non-hydrogen) atoms. The molecule has 1 aliphatic rings. The summed E-state index contributed by atoms with van der Waals surface area (Å²) in [6.07, 6.45) is 3.87. The van der Waals surface area contributed by atoms with E-state index in [4.69, 9.17) is 10.2 Å². The van der Waals surface area contributed by atoms with Gasteiger partial charge in [0.2, 0.25) is 0 Å². The molecule has 1 saturated heterocycles. The highest BCUT2D eigenvalue weighted by Crippen LogP contribution is 2.08. The van der Waals surface area contributed by atoms with Crippen LogP contribution < -0.4 is 11.1 Å². The summed E-state index contributed by atoms with van der Waals surface area (Å²) < 4.78 is 5.29. The fourth-order valence-electron chi connectivity index (χ4n) is 2.21. The van der Waals surface area contributed by atoms with Crippen LogP contribution in [0.5, 0.6) is 0 Å². The molecule has 0 saturated carbocycles. The molecule has 1 aromatic rings. The van der Waals surface area contributed by atoms with E-state index in [-0.39, 0.29) is 5.91 Å². The standard InChI is InChI=1S/C13H21N3O2/c14-10-11-4-5-12(18-11)13(17)15-6-9-16-7-2-1-3-8-16/h4-5H,1-3,6-10,14H2,(H,15,17). The highest BCUT2D eigenvalue weighted by Gasteiger charge is 2.12. The van der Waals surface area contributed by atoms with E-state index in [1.807, 2.05) is 0 Å². The first-order valence-corrected chi connectivity index (χ1v) is 6.59. The maximum absolute atomic E-state index is 11.8. The molecule has 2 heterocycles. The second-order valence-electron chi connectivity index (χ2n) is 4.63. The van der Waals surface area contributed by atoms with Crippen molar-refractivity contribution in [3.63, 3.8) is 0 Å². The van der Waals surface area contributed by atoms with Gasteiger partial charge >= 0.3 is 0 Å². The third-order valence-corrected chi connectivity index (χ3v) is 3.25. The summed E-state index contributed by atoms with van der Waals surface area (Å²) in [6, 6.07) is 3.40. The van der Waals surface area contributed by atoms with E-state index >= 15 is 0 Å². The first-order valence-electron chi connectivity index (χ1n) is 6.59. The van der Waals surface area contributed by atoms with Crippen LogP contribution in [0.1, 0.15) is 35.6 Å². The van der Waals surface area contributed by atoms with E-state index in [9.17, 15) is 4.79 Å². The van der Waals surface area contributed by atoms with Crippen molar-refractivity contribution in [2.75, 3.05) is 26.2 Å². The van der Waals surface area contributed by atoms with Crippen LogP contribution in [0.3, 0.4) is 0 Å². The SMILES string of the molecule is NCc1ccc(C(=O)NCCN2CCCCC2)o1. The van der Waals surface area contributed by atoms with Crippen molar-refractivity contribution in [1.29, 1.82) is 0 Å². The van der Waals surface area contributed by atoms with Crippen molar-refractivity contribution in [2.45, 2.75) is 25.8 Å². The number of nitrogens with one attached hydrogen (secondary N) is 1. The molecule has 5 heteroatoms. The normalized spacial score (nSPS) is 16.7. The lowest BCUT2D eigenvalue weighted by Gasteiger charge is -2.26. The minimum atomic E-state index is -0.160. The average molecular weight is 251 g/mol. The number of piperidine rings is 1. The number of likely N-dealkylation sites (tertiary alicyclic amines) is 1. The summed E-state index contributed by atoms with van der Waals surface area (Å²) in [5.74, 6) is 0.817. The smallest absolute Gasteiger partial charge is 0.287 e. The molecule has 0 aliphatic carbocycles. The van der Waals surface area contributed by atoms with Gasteiger partial charge in [0.1, 0.15) is 5.76 Å². The first kappa shape index (κ1) is 13.1. The number of hydrogen-bond acceptors (Lipinski definition) is 4. The summed E-state index contributed by atoms with van der Waals surface area (Å²) in [4.78, 5) is 14.1. The molecule has 1 aromatic heterocycles. The van der Waals surface area contributed by atoms with Gasteiger partial charge < -0.3 is 20.4 Å². The second kappa shape index (κ2) is 6.56. The third-order valence-electron chi connectivity index (χ3n) is 3.25. The van der Waals surface area contributed by atoms with Crippen LogP contribution in [0.2, 0.25) is 0 Å². The minimum Gasteiger partial charge on any atom is -0.455 e. The molecule has 5 nitrogen and oxygen atoms in total. The van der Waals surface area contributed by atoms with Crippen LogP contribution in [-0.4, -0.2) is 37.0 Å². The van der Waals surface area contributed by atoms with Crippen molar-refractivity contribution in [1.82, 2.24) is 10.2 Å². The van der Waals surface area contributed by atoms with Gasteiger partial charge in [-0.25, -0.2) is 0 Å². The van der Waals surface area contributed by atoms with E-state index in [1.54, 1.807) is 12.1 Å². The Morgan fingerprint density at radius 1 is 1.33 bits per heavy atom. The number of furan rings is 1. The van der Waals surface area contributed by atoms with Crippen LogP contribution in [-0.2, 0) is 6.54 Å². The number of nitrogens with two attached hydrogens (primary N) is 1. The minimum absolute atomic E-state index is 0.160. The zero-order chi connectivity index (χ0) is 12.8. The Morgan fingerprint density at radius 2 is 2.11 bits per heavy atom. The summed E-state index contributed by atoms with van der Waals surface area (Å²) in [7, 11) is 0. The highest BCUT2D eigenvalue weighted by atomic mass is 16.4. The summed E-state index contributed by atoms with van der Waals surface area (Å²) in [5, 5.41) is 2.87. The van der Waals surface area contributed by atoms with E-state index in [0.717, 1.165) is 19.6 Å².